The third-order valence-electron chi connectivity index (χ3n) is 5.09. The molecule has 0 atom stereocenters. The van der Waals surface area contributed by atoms with Gasteiger partial charge in [-0.3, -0.25) is 4.79 Å². The van der Waals surface area contributed by atoms with E-state index in [0.717, 1.165) is 17.1 Å². The Labute approximate surface area is 185 Å². The Balaban J connectivity index is 1.39. The predicted octanol–water partition coefficient (Wildman–Crippen LogP) is 4.42. The number of anilines is 1. The Morgan fingerprint density at radius 1 is 0.933 bits per heavy atom. The maximum atomic E-state index is 12.7. The van der Waals surface area contributed by atoms with Crippen LogP contribution in [0, 0.1) is 0 Å². The first-order valence-electron chi connectivity index (χ1n) is 9.52. The van der Waals surface area contributed by atoms with E-state index in [1.807, 2.05) is 23.1 Å². The van der Waals surface area contributed by atoms with E-state index in [4.69, 9.17) is 27.9 Å². The fraction of sp³-hybridized carbons (Fsp3) is 0.227. The summed E-state index contributed by atoms with van der Waals surface area (Å²) in [7, 11) is 1.61. The number of amides is 1. The molecule has 2 heterocycles. The number of aromatic nitrogens is 2. The van der Waals surface area contributed by atoms with Gasteiger partial charge in [0.25, 0.3) is 5.91 Å². The normalized spacial score (nSPS) is 14.0. The number of carbonyl (C=O) groups excluding carboxylic acids is 1. The summed E-state index contributed by atoms with van der Waals surface area (Å²) < 4.78 is 5.15. The largest absolute Gasteiger partial charge is 0.497 e. The lowest BCUT2D eigenvalue weighted by molar-refractivity contribution is 0.0746. The summed E-state index contributed by atoms with van der Waals surface area (Å²) in [5.41, 5.74) is 2.14. The topological polar surface area (TPSA) is 58.6 Å². The fourth-order valence-corrected chi connectivity index (χ4v) is 3.89. The second-order valence-electron chi connectivity index (χ2n) is 6.91. The highest BCUT2D eigenvalue weighted by Crippen LogP contribution is 2.29. The van der Waals surface area contributed by atoms with Crippen LogP contribution in [0.4, 0.5) is 5.82 Å². The molecule has 1 saturated heterocycles. The number of carbonyl (C=O) groups is 1. The SMILES string of the molecule is COc1ccc(C(=O)N2CCN(c3ccc(-c4ccc(Cl)cc4Cl)nn3)CC2)cc1. The monoisotopic (exact) mass is 442 g/mol. The predicted molar refractivity (Wildman–Crippen MR) is 119 cm³/mol. The number of nitrogens with zero attached hydrogens (tertiary/aromatic N) is 4. The zero-order chi connectivity index (χ0) is 21.1. The highest BCUT2D eigenvalue weighted by atomic mass is 35.5. The van der Waals surface area contributed by atoms with Crippen molar-refractivity contribution in [2.24, 2.45) is 0 Å². The van der Waals surface area contributed by atoms with Gasteiger partial charge in [-0.25, -0.2) is 0 Å². The van der Waals surface area contributed by atoms with Gasteiger partial charge in [0.2, 0.25) is 0 Å². The minimum atomic E-state index is 0.0242. The average Bonchev–Trinajstić information content (AvgIpc) is 2.79. The number of rotatable bonds is 4. The van der Waals surface area contributed by atoms with Crippen molar-refractivity contribution < 1.29 is 9.53 Å². The molecule has 0 N–H and O–H groups in total. The van der Waals surface area contributed by atoms with Crippen LogP contribution in [-0.4, -0.2) is 54.3 Å². The quantitative estimate of drug-likeness (QED) is 0.598. The molecule has 0 spiro atoms. The molecule has 30 heavy (non-hydrogen) atoms. The third-order valence-corrected chi connectivity index (χ3v) is 5.63. The summed E-state index contributed by atoms with van der Waals surface area (Å²) in [6.07, 6.45) is 0. The van der Waals surface area contributed by atoms with Crippen molar-refractivity contribution in [2.45, 2.75) is 0 Å². The van der Waals surface area contributed by atoms with Crippen molar-refractivity contribution in [1.29, 1.82) is 0 Å². The van der Waals surface area contributed by atoms with Crippen LogP contribution in [0.15, 0.2) is 54.6 Å². The van der Waals surface area contributed by atoms with Gasteiger partial charge in [-0.2, -0.15) is 0 Å². The molecule has 1 aliphatic heterocycles. The van der Waals surface area contributed by atoms with Crippen LogP contribution in [0.2, 0.25) is 10.0 Å². The first-order chi connectivity index (χ1) is 14.5. The Morgan fingerprint density at radius 3 is 2.27 bits per heavy atom. The minimum Gasteiger partial charge on any atom is -0.497 e. The highest BCUT2D eigenvalue weighted by Gasteiger charge is 2.23. The van der Waals surface area contributed by atoms with Crippen molar-refractivity contribution in [3.63, 3.8) is 0 Å². The lowest BCUT2D eigenvalue weighted by atomic mass is 10.1. The van der Waals surface area contributed by atoms with Crippen LogP contribution in [0.25, 0.3) is 11.3 Å². The molecule has 4 rings (SSSR count). The molecule has 6 nitrogen and oxygen atoms in total. The standard InChI is InChI=1S/C22H20Cl2N4O2/c1-30-17-5-2-15(3-6-17)22(29)28-12-10-27(11-13-28)21-9-8-20(25-26-21)18-7-4-16(23)14-19(18)24/h2-9,14H,10-13H2,1H3. The van der Waals surface area contributed by atoms with Gasteiger partial charge in [-0.15, -0.1) is 10.2 Å². The molecular weight excluding hydrogens is 423 g/mol. The van der Waals surface area contributed by atoms with Crippen LogP contribution >= 0.6 is 23.2 Å². The number of hydrogen-bond donors (Lipinski definition) is 0. The molecule has 1 aromatic heterocycles. The first kappa shape index (κ1) is 20.4. The zero-order valence-electron chi connectivity index (χ0n) is 16.4. The van der Waals surface area contributed by atoms with E-state index in [2.05, 4.69) is 15.1 Å². The van der Waals surface area contributed by atoms with E-state index < -0.39 is 0 Å². The van der Waals surface area contributed by atoms with Gasteiger partial charge in [0.1, 0.15) is 5.75 Å². The Kier molecular flexibility index (Phi) is 6.06. The molecule has 3 aromatic rings. The summed E-state index contributed by atoms with van der Waals surface area (Å²) in [5, 5.41) is 9.79. The molecule has 8 heteroatoms. The van der Waals surface area contributed by atoms with Gasteiger partial charge >= 0.3 is 0 Å². The van der Waals surface area contributed by atoms with Gasteiger partial charge in [0, 0.05) is 42.3 Å². The molecule has 0 unspecified atom stereocenters. The molecule has 1 amide bonds. The van der Waals surface area contributed by atoms with Gasteiger partial charge in [0.05, 0.1) is 17.8 Å². The molecule has 0 radical (unpaired) electrons. The summed E-state index contributed by atoms with van der Waals surface area (Å²) in [4.78, 5) is 16.7. The highest BCUT2D eigenvalue weighted by molar-refractivity contribution is 6.36. The second kappa shape index (κ2) is 8.90. The summed E-state index contributed by atoms with van der Waals surface area (Å²) >= 11 is 12.2. The summed E-state index contributed by atoms with van der Waals surface area (Å²) in [6, 6.07) is 16.3. The Bertz CT molecular complexity index is 1030. The molecule has 1 aliphatic rings. The summed E-state index contributed by atoms with van der Waals surface area (Å²) in [5.74, 6) is 1.54. The summed E-state index contributed by atoms with van der Waals surface area (Å²) in [6.45, 7) is 2.63. The molecule has 0 saturated carbocycles. The maximum absolute atomic E-state index is 12.7. The number of ether oxygens (including phenoxy) is 1. The van der Waals surface area contributed by atoms with Crippen LogP contribution < -0.4 is 9.64 Å². The fourth-order valence-electron chi connectivity index (χ4n) is 3.39. The molecule has 0 bridgehead atoms. The zero-order valence-corrected chi connectivity index (χ0v) is 17.9. The number of methoxy groups -OCH3 is 1. The van der Waals surface area contributed by atoms with Crippen LogP contribution in [-0.2, 0) is 0 Å². The molecule has 1 fully saturated rings. The molecular formula is C22H20Cl2N4O2. The minimum absolute atomic E-state index is 0.0242. The lowest BCUT2D eigenvalue weighted by Gasteiger charge is -2.35. The van der Waals surface area contributed by atoms with E-state index in [1.54, 1.807) is 43.5 Å². The van der Waals surface area contributed by atoms with E-state index in [0.29, 0.717) is 47.5 Å². The van der Waals surface area contributed by atoms with Crippen molar-refractivity contribution in [2.75, 3.05) is 38.2 Å². The van der Waals surface area contributed by atoms with E-state index in [9.17, 15) is 4.79 Å². The number of benzene rings is 2. The number of halogens is 2. The lowest BCUT2D eigenvalue weighted by Crippen LogP contribution is -2.49. The molecule has 154 valence electrons. The second-order valence-corrected chi connectivity index (χ2v) is 7.75. The van der Waals surface area contributed by atoms with Gasteiger partial charge in [0.15, 0.2) is 5.82 Å². The van der Waals surface area contributed by atoms with Gasteiger partial charge in [-0.05, 0) is 54.6 Å². The van der Waals surface area contributed by atoms with Crippen molar-refractivity contribution >= 4 is 34.9 Å². The molecule has 2 aromatic carbocycles. The first-order valence-corrected chi connectivity index (χ1v) is 10.3. The number of piperazine rings is 1. The van der Waals surface area contributed by atoms with Crippen LogP contribution in [0.1, 0.15) is 10.4 Å². The maximum Gasteiger partial charge on any atom is 0.253 e. The van der Waals surface area contributed by atoms with Crippen molar-refractivity contribution in [3.05, 3.63) is 70.2 Å². The van der Waals surface area contributed by atoms with Crippen LogP contribution in [0.3, 0.4) is 0 Å². The van der Waals surface area contributed by atoms with Gasteiger partial charge < -0.3 is 14.5 Å². The van der Waals surface area contributed by atoms with Crippen LogP contribution in [0.5, 0.6) is 5.75 Å². The van der Waals surface area contributed by atoms with E-state index in [1.165, 1.54) is 0 Å². The molecule has 0 aliphatic carbocycles. The van der Waals surface area contributed by atoms with E-state index in [-0.39, 0.29) is 5.91 Å². The number of hydrogen-bond acceptors (Lipinski definition) is 5. The Hall–Kier alpha value is -2.83. The van der Waals surface area contributed by atoms with Gasteiger partial charge in [-0.1, -0.05) is 23.2 Å². The van der Waals surface area contributed by atoms with Crippen molar-refractivity contribution in [1.82, 2.24) is 15.1 Å². The Morgan fingerprint density at radius 2 is 1.67 bits per heavy atom. The average molecular weight is 443 g/mol. The van der Waals surface area contributed by atoms with Crippen molar-refractivity contribution in [3.8, 4) is 17.0 Å². The van der Waals surface area contributed by atoms with E-state index >= 15 is 0 Å². The third kappa shape index (κ3) is 4.35. The smallest absolute Gasteiger partial charge is 0.253 e.